The van der Waals surface area contributed by atoms with E-state index in [0.29, 0.717) is 17.9 Å². The zero-order valence-corrected chi connectivity index (χ0v) is 10.8. The third-order valence-corrected chi connectivity index (χ3v) is 2.81. The lowest BCUT2D eigenvalue weighted by Crippen LogP contribution is -1.92. The number of rotatable bonds is 3. The second kappa shape index (κ2) is 6.87. The Hall–Kier alpha value is -1.60. The van der Waals surface area contributed by atoms with E-state index in [1.807, 2.05) is 6.07 Å². The zero-order chi connectivity index (χ0) is 12.7. The van der Waals surface area contributed by atoms with Crippen molar-refractivity contribution in [2.75, 3.05) is 18.6 Å². The first-order chi connectivity index (χ1) is 8.13. The van der Waals surface area contributed by atoms with Gasteiger partial charge in [0.25, 0.3) is 0 Å². The highest BCUT2D eigenvalue weighted by atomic mass is 32.2. The maximum Gasteiger partial charge on any atom is 0.185 e. The number of nitrogen functional groups attached to an aromatic ring is 1. The first-order valence-corrected chi connectivity index (χ1v) is 6.18. The van der Waals surface area contributed by atoms with Crippen molar-refractivity contribution in [2.45, 2.75) is 13.3 Å². The summed E-state index contributed by atoms with van der Waals surface area (Å²) in [5, 5.41) is 0.125. The van der Waals surface area contributed by atoms with Crippen LogP contribution < -0.4 is 10.5 Å². The summed E-state index contributed by atoms with van der Waals surface area (Å²) >= 11 is 1.29. The molecule has 0 atom stereocenters. The van der Waals surface area contributed by atoms with E-state index in [2.05, 4.69) is 11.8 Å². The number of carbonyl (C=O) groups excluding carboxylic acids is 1. The SMILES string of the molecule is COc1ccc(C#CCCSC(C)=O)cc1N. The number of hydrogen-bond acceptors (Lipinski definition) is 4. The van der Waals surface area contributed by atoms with Gasteiger partial charge in [-0.05, 0) is 18.2 Å². The number of nitrogens with two attached hydrogens (primary N) is 1. The Morgan fingerprint density at radius 1 is 1.53 bits per heavy atom. The molecule has 0 amide bonds. The molecule has 4 heteroatoms. The van der Waals surface area contributed by atoms with Gasteiger partial charge >= 0.3 is 0 Å². The molecule has 3 nitrogen and oxygen atoms in total. The summed E-state index contributed by atoms with van der Waals surface area (Å²) in [5.41, 5.74) is 7.20. The largest absolute Gasteiger partial charge is 0.495 e. The number of hydrogen-bond donors (Lipinski definition) is 1. The monoisotopic (exact) mass is 249 g/mol. The van der Waals surface area contributed by atoms with Gasteiger partial charge in [-0.2, -0.15) is 0 Å². The zero-order valence-electron chi connectivity index (χ0n) is 9.95. The molecule has 1 aromatic carbocycles. The van der Waals surface area contributed by atoms with Gasteiger partial charge in [-0.15, -0.1) is 0 Å². The molecule has 0 spiro atoms. The Balaban J connectivity index is 2.54. The summed E-state index contributed by atoms with van der Waals surface area (Å²) in [7, 11) is 1.58. The van der Waals surface area contributed by atoms with Crippen molar-refractivity contribution in [1.82, 2.24) is 0 Å². The summed E-state index contributed by atoms with van der Waals surface area (Å²) < 4.78 is 5.06. The predicted molar refractivity (Wildman–Crippen MR) is 72.0 cm³/mol. The van der Waals surface area contributed by atoms with Gasteiger partial charge < -0.3 is 10.5 Å². The second-order valence-electron chi connectivity index (χ2n) is 3.35. The number of anilines is 1. The van der Waals surface area contributed by atoms with Crippen LogP contribution in [0.15, 0.2) is 18.2 Å². The van der Waals surface area contributed by atoms with E-state index >= 15 is 0 Å². The fourth-order valence-electron chi connectivity index (χ4n) is 1.22. The normalized spacial score (nSPS) is 9.29. The van der Waals surface area contributed by atoms with E-state index in [4.69, 9.17) is 10.5 Å². The summed E-state index contributed by atoms with van der Waals surface area (Å²) in [4.78, 5) is 10.7. The van der Waals surface area contributed by atoms with Crippen molar-refractivity contribution in [2.24, 2.45) is 0 Å². The molecule has 0 aliphatic carbocycles. The average molecular weight is 249 g/mol. The van der Waals surface area contributed by atoms with Crippen molar-refractivity contribution in [3.63, 3.8) is 0 Å². The van der Waals surface area contributed by atoms with Crippen LogP contribution in [-0.2, 0) is 4.79 Å². The Morgan fingerprint density at radius 3 is 2.88 bits per heavy atom. The van der Waals surface area contributed by atoms with E-state index in [-0.39, 0.29) is 5.12 Å². The Bertz CT molecular complexity index is 460. The molecule has 0 heterocycles. The first kappa shape index (κ1) is 13.5. The summed E-state index contributed by atoms with van der Waals surface area (Å²) in [6.45, 7) is 1.56. The van der Waals surface area contributed by atoms with Crippen LogP contribution in [0.3, 0.4) is 0 Å². The predicted octanol–water partition coefficient (Wildman–Crippen LogP) is 2.30. The molecular formula is C13H15NO2S. The molecule has 2 N–H and O–H groups in total. The molecular weight excluding hydrogens is 234 g/mol. The van der Waals surface area contributed by atoms with E-state index in [1.165, 1.54) is 11.8 Å². The molecule has 0 aromatic heterocycles. The highest BCUT2D eigenvalue weighted by Gasteiger charge is 1.98. The number of thioether (sulfide) groups is 1. The lowest BCUT2D eigenvalue weighted by molar-refractivity contribution is -0.109. The molecule has 90 valence electrons. The molecule has 0 saturated heterocycles. The fraction of sp³-hybridized carbons (Fsp3) is 0.308. The number of ether oxygens (including phenoxy) is 1. The summed E-state index contributed by atoms with van der Waals surface area (Å²) in [6, 6.07) is 5.44. The van der Waals surface area contributed by atoms with Gasteiger partial charge in [-0.1, -0.05) is 23.6 Å². The average Bonchev–Trinajstić information content (AvgIpc) is 2.28. The maximum absolute atomic E-state index is 10.7. The minimum atomic E-state index is 0.125. The topological polar surface area (TPSA) is 52.3 Å². The Labute approximate surface area is 106 Å². The lowest BCUT2D eigenvalue weighted by atomic mass is 10.2. The van der Waals surface area contributed by atoms with Crippen LogP contribution in [0.2, 0.25) is 0 Å². The molecule has 1 rings (SSSR count). The molecule has 0 aliphatic heterocycles. The van der Waals surface area contributed by atoms with Crippen LogP contribution in [0.5, 0.6) is 5.75 Å². The van der Waals surface area contributed by atoms with Crippen LogP contribution >= 0.6 is 11.8 Å². The van der Waals surface area contributed by atoms with E-state index in [9.17, 15) is 4.79 Å². The third-order valence-electron chi connectivity index (χ3n) is 1.99. The van der Waals surface area contributed by atoms with E-state index < -0.39 is 0 Å². The van der Waals surface area contributed by atoms with Crippen LogP contribution in [0.25, 0.3) is 0 Å². The molecule has 0 unspecified atom stereocenters. The first-order valence-electron chi connectivity index (χ1n) is 5.19. The molecule has 0 aliphatic rings. The smallest absolute Gasteiger partial charge is 0.185 e. The standard InChI is InChI=1S/C13H15NO2S/c1-10(15)17-8-4-3-5-11-6-7-13(16-2)12(14)9-11/h6-7,9H,4,8,14H2,1-2H3. The van der Waals surface area contributed by atoms with Gasteiger partial charge in [0.05, 0.1) is 12.8 Å². The van der Waals surface area contributed by atoms with Crippen molar-refractivity contribution in [3.05, 3.63) is 23.8 Å². The molecule has 0 radical (unpaired) electrons. The van der Waals surface area contributed by atoms with Crippen LogP contribution in [0.1, 0.15) is 18.9 Å². The van der Waals surface area contributed by atoms with Crippen LogP contribution in [0, 0.1) is 11.8 Å². The quantitative estimate of drug-likeness (QED) is 0.507. The molecule has 0 saturated carbocycles. The molecule has 0 bridgehead atoms. The van der Waals surface area contributed by atoms with Gasteiger partial charge in [0.2, 0.25) is 0 Å². The third kappa shape index (κ3) is 4.83. The second-order valence-corrected chi connectivity index (χ2v) is 4.62. The lowest BCUT2D eigenvalue weighted by Gasteiger charge is -2.03. The van der Waals surface area contributed by atoms with Gasteiger partial charge in [-0.25, -0.2) is 0 Å². The van der Waals surface area contributed by atoms with Crippen LogP contribution in [-0.4, -0.2) is 18.0 Å². The number of carbonyl (C=O) groups is 1. The minimum Gasteiger partial charge on any atom is -0.495 e. The Morgan fingerprint density at radius 2 is 2.29 bits per heavy atom. The van der Waals surface area contributed by atoms with Gasteiger partial charge in [0.15, 0.2) is 5.12 Å². The fourth-order valence-corrected chi connectivity index (χ4v) is 1.71. The minimum absolute atomic E-state index is 0.125. The van der Waals surface area contributed by atoms with E-state index in [0.717, 1.165) is 11.3 Å². The highest BCUT2D eigenvalue weighted by Crippen LogP contribution is 2.21. The number of methoxy groups -OCH3 is 1. The van der Waals surface area contributed by atoms with Crippen molar-refractivity contribution in [1.29, 1.82) is 0 Å². The molecule has 17 heavy (non-hydrogen) atoms. The highest BCUT2D eigenvalue weighted by molar-refractivity contribution is 8.13. The van der Waals surface area contributed by atoms with E-state index in [1.54, 1.807) is 26.2 Å². The summed E-state index contributed by atoms with van der Waals surface area (Å²) in [5.74, 6) is 7.39. The van der Waals surface area contributed by atoms with Gasteiger partial charge in [0, 0.05) is 24.7 Å². The van der Waals surface area contributed by atoms with Crippen molar-refractivity contribution in [3.8, 4) is 17.6 Å². The van der Waals surface area contributed by atoms with Gasteiger partial charge in [-0.3, -0.25) is 4.79 Å². The summed E-state index contributed by atoms with van der Waals surface area (Å²) in [6.07, 6.45) is 0.691. The maximum atomic E-state index is 10.7. The van der Waals surface area contributed by atoms with Crippen molar-refractivity contribution >= 4 is 22.6 Å². The van der Waals surface area contributed by atoms with Crippen LogP contribution in [0.4, 0.5) is 5.69 Å². The number of benzene rings is 1. The molecule has 1 aromatic rings. The van der Waals surface area contributed by atoms with Gasteiger partial charge in [0.1, 0.15) is 5.75 Å². The van der Waals surface area contributed by atoms with Crippen molar-refractivity contribution < 1.29 is 9.53 Å². The Kier molecular flexibility index (Phi) is 5.44. The molecule has 0 fully saturated rings.